The number of hydrogen-bond donors (Lipinski definition) is 2. The highest BCUT2D eigenvalue weighted by Gasteiger charge is 2.34. The Bertz CT molecular complexity index is 1240. The third-order valence-electron chi connectivity index (χ3n) is 7.85. The highest BCUT2D eigenvalue weighted by molar-refractivity contribution is 5.74. The first kappa shape index (κ1) is 32.9. The predicted octanol–water partition coefficient (Wildman–Crippen LogP) is 8.66. The predicted molar refractivity (Wildman–Crippen MR) is 173 cm³/mol. The van der Waals surface area contributed by atoms with Crippen molar-refractivity contribution in [1.82, 2.24) is 4.98 Å². The lowest BCUT2D eigenvalue weighted by molar-refractivity contribution is -0.149. The van der Waals surface area contributed by atoms with E-state index in [0.717, 1.165) is 67.1 Å². The lowest BCUT2D eigenvalue weighted by Gasteiger charge is -2.26. The minimum atomic E-state index is -0.711. The number of aryl methyl sites for hydroxylation is 1. The smallest absolute Gasteiger partial charge is 0.309 e. The normalized spacial score (nSPS) is 11.6. The van der Waals surface area contributed by atoms with Crippen LogP contribution in [0.4, 0.5) is 5.69 Å². The lowest BCUT2D eigenvalue weighted by atomic mass is 9.79. The molecule has 6 heteroatoms. The second-order valence-electron chi connectivity index (χ2n) is 10.8. The van der Waals surface area contributed by atoms with Crippen LogP contribution in [0.25, 0.3) is 12.2 Å². The summed E-state index contributed by atoms with van der Waals surface area (Å²) < 4.78 is 11.6. The molecule has 1 heterocycles. The number of hydrogen-bond acceptors (Lipinski definition) is 5. The van der Waals surface area contributed by atoms with Crippen molar-refractivity contribution in [2.45, 2.75) is 78.7 Å². The molecule has 3 rings (SSSR count). The Kier molecular flexibility index (Phi) is 14.1. The number of carboxylic acid groups (broad SMARTS) is 1. The average molecular weight is 573 g/mol. The SMILES string of the molecule is CCCCOc1ccc(CCCCOCc2cccc(C=Cc3cccc(NCCC(CC)(CC)C(=O)O)c3)n2)cc1. The molecule has 0 radical (unpaired) electrons. The van der Waals surface area contributed by atoms with Gasteiger partial charge in [-0.3, -0.25) is 9.78 Å². The molecule has 0 fully saturated rings. The molecule has 42 heavy (non-hydrogen) atoms. The molecular weight excluding hydrogens is 524 g/mol. The zero-order valence-corrected chi connectivity index (χ0v) is 25.6. The number of carboxylic acids is 1. The number of aromatic nitrogens is 1. The Balaban J connectivity index is 1.39. The van der Waals surface area contributed by atoms with Gasteiger partial charge in [0.15, 0.2) is 0 Å². The van der Waals surface area contributed by atoms with Crippen molar-refractivity contribution >= 4 is 23.8 Å². The highest BCUT2D eigenvalue weighted by atomic mass is 16.5. The second kappa shape index (κ2) is 18.0. The maximum atomic E-state index is 11.8. The van der Waals surface area contributed by atoms with Gasteiger partial charge >= 0.3 is 5.97 Å². The van der Waals surface area contributed by atoms with E-state index >= 15 is 0 Å². The van der Waals surface area contributed by atoms with Crippen LogP contribution in [0.3, 0.4) is 0 Å². The Morgan fingerprint density at radius 1 is 0.929 bits per heavy atom. The van der Waals surface area contributed by atoms with E-state index in [1.807, 2.05) is 62.4 Å². The van der Waals surface area contributed by atoms with E-state index in [-0.39, 0.29) is 0 Å². The summed E-state index contributed by atoms with van der Waals surface area (Å²) in [4.78, 5) is 16.5. The van der Waals surface area contributed by atoms with E-state index < -0.39 is 11.4 Å². The molecule has 1 aromatic heterocycles. The summed E-state index contributed by atoms with van der Waals surface area (Å²) in [6.45, 7) is 8.68. The first-order valence-electron chi connectivity index (χ1n) is 15.5. The zero-order valence-electron chi connectivity index (χ0n) is 25.6. The summed E-state index contributed by atoms with van der Waals surface area (Å²) in [6.07, 6.45) is 11.3. The van der Waals surface area contributed by atoms with Crippen LogP contribution in [-0.2, 0) is 22.6 Å². The summed E-state index contributed by atoms with van der Waals surface area (Å²) in [5, 5.41) is 13.1. The number of nitrogens with one attached hydrogen (secondary N) is 1. The van der Waals surface area contributed by atoms with Crippen molar-refractivity contribution in [2.75, 3.05) is 25.1 Å². The number of unbranched alkanes of at least 4 members (excludes halogenated alkanes) is 2. The molecule has 3 aromatic rings. The Morgan fingerprint density at radius 2 is 1.71 bits per heavy atom. The van der Waals surface area contributed by atoms with Crippen molar-refractivity contribution in [2.24, 2.45) is 5.41 Å². The van der Waals surface area contributed by atoms with E-state index in [9.17, 15) is 9.90 Å². The van der Waals surface area contributed by atoms with Crippen LogP contribution in [0.2, 0.25) is 0 Å². The van der Waals surface area contributed by atoms with Crippen LogP contribution in [0.15, 0.2) is 66.7 Å². The fraction of sp³-hybridized carbons (Fsp3) is 0.444. The first-order chi connectivity index (χ1) is 20.5. The fourth-order valence-electron chi connectivity index (χ4n) is 4.86. The van der Waals surface area contributed by atoms with Gasteiger partial charge in [-0.2, -0.15) is 0 Å². The molecule has 0 saturated carbocycles. The number of benzene rings is 2. The molecule has 0 saturated heterocycles. The number of rotatable bonds is 20. The molecule has 226 valence electrons. The third-order valence-corrected chi connectivity index (χ3v) is 7.85. The molecule has 2 N–H and O–H groups in total. The van der Waals surface area contributed by atoms with Crippen molar-refractivity contribution in [3.05, 3.63) is 89.2 Å². The molecule has 0 unspecified atom stereocenters. The Labute approximate surface area is 252 Å². The summed E-state index contributed by atoms with van der Waals surface area (Å²) in [6, 6.07) is 22.6. The summed E-state index contributed by atoms with van der Waals surface area (Å²) in [5.74, 6) is 0.238. The van der Waals surface area contributed by atoms with Gasteiger partial charge in [0.25, 0.3) is 0 Å². The standard InChI is InChI=1S/C36H48N2O4/c1-4-7-26-42-34-21-18-29(19-22-34)12-8-9-25-41-28-33-16-11-14-31(38-33)20-17-30-13-10-15-32(27-30)37-24-23-36(5-2,6-3)35(39)40/h10-11,13-22,27,37H,4-9,12,23-26,28H2,1-3H3,(H,39,40). The van der Waals surface area contributed by atoms with Gasteiger partial charge < -0.3 is 19.9 Å². The zero-order chi connectivity index (χ0) is 30.0. The number of aliphatic carboxylic acids is 1. The van der Waals surface area contributed by atoms with Gasteiger partial charge in [0.05, 0.1) is 30.0 Å². The van der Waals surface area contributed by atoms with E-state index in [4.69, 9.17) is 14.5 Å². The topological polar surface area (TPSA) is 80.7 Å². The lowest BCUT2D eigenvalue weighted by Crippen LogP contribution is -2.31. The van der Waals surface area contributed by atoms with Crippen molar-refractivity contribution < 1.29 is 19.4 Å². The van der Waals surface area contributed by atoms with Gasteiger partial charge in [0.1, 0.15) is 5.75 Å². The molecule has 0 atom stereocenters. The minimum absolute atomic E-state index is 0.498. The number of pyridine rings is 1. The van der Waals surface area contributed by atoms with Crippen LogP contribution in [0, 0.1) is 5.41 Å². The van der Waals surface area contributed by atoms with Gasteiger partial charge in [0.2, 0.25) is 0 Å². The minimum Gasteiger partial charge on any atom is -0.494 e. The molecular formula is C36H48N2O4. The van der Waals surface area contributed by atoms with Gasteiger partial charge in [-0.1, -0.05) is 63.6 Å². The van der Waals surface area contributed by atoms with E-state index in [1.54, 1.807) is 0 Å². The van der Waals surface area contributed by atoms with Crippen molar-refractivity contribution in [1.29, 1.82) is 0 Å². The van der Waals surface area contributed by atoms with Crippen molar-refractivity contribution in [3.8, 4) is 5.75 Å². The first-order valence-corrected chi connectivity index (χ1v) is 15.5. The van der Waals surface area contributed by atoms with E-state index in [1.165, 1.54) is 5.56 Å². The molecule has 0 spiro atoms. The van der Waals surface area contributed by atoms with Gasteiger partial charge in [-0.05, 0) is 98.5 Å². The summed E-state index contributed by atoms with van der Waals surface area (Å²) >= 11 is 0. The fourth-order valence-corrected chi connectivity index (χ4v) is 4.86. The quantitative estimate of drug-likeness (QED) is 0.132. The number of nitrogens with zero attached hydrogens (tertiary/aromatic N) is 1. The van der Waals surface area contributed by atoms with Crippen LogP contribution in [0.1, 0.15) is 88.2 Å². The van der Waals surface area contributed by atoms with E-state index in [0.29, 0.717) is 39.0 Å². The Hall–Kier alpha value is -3.64. The third kappa shape index (κ3) is 11.0. The van der Waals surface area contributed by atoms with Gasteiger partial charge in [0, 0.05) is 18.8 Å². The van der Waals surface area contributed by atoms with Crippen LogP contribution in [0.5, 0.6) is 5.75 Å². The molecule has 0 aliphatic rings. The molecule has 2 aromatic carbocycles. The average Bonchev–Trinajstić information content (AvgIpc) is 3.01. The summed E-state index contributed by atoms with van der Waals surface area (Å²) in [5.41, 5.74) is 4.49. The van der Waals surface area contributed by atoms with Gasteiger partial charge in [-0.25, -0.2) is 0 Å². The number of carbonyl (C=O) groups is 1. The van der Waals surface area contributed by atoms with E-state index in [2.05, 4.69) is 42.6 Å². The molecule has 0 amide bonds. The second-order valence-corrected chi connectivity index (χ2v) is 10.8. The monoisotopic (exact) mass is 572 g/mol. The van der Waals surface area contributed by atoms with Gasteiger partial charge in [-0.15, -0.1) is 0 Å². The number of ether oxygens (including phenoxy) is 2. The van der Waals surface area contributed by atoms with Crippen molar-refractivity contribution in [3.63, 3.8) is 0 Å². The Morgan fingerprint density at radius 3 is 2.45 bits per heavy atom. The largest absolute Gasteiger partial charge is 0.494 e. The molecule has 0 aliphatic heterocycles. The maximum Gasteiger partial charge on any atom is 0.309 e. The highest BCUT2D eigenvalue weighted by Crippen LogP contribution is 2.31. The molecule has 0 aliphatic carbocycles. The maximum absolute atomic E-state index is 11.8. The van der Waals surface area contributed by atoms with Crippen LogP contribution < -0.4 is 10.1 Å². The van der Waals surface area contributed by atoms with Crippen LogP contribution in [-0.4, -0.2) is 35.8 Å². The summed E-state index contributed by atoms with van der Waals surface area (Å²) in [7, 11) is 0. The molecule has 0 bridgehead atoms. The van der Waals surface area contributed by atoms with Crippen LogP contribution >= 0.6 is 0 Å². The number of anilines is 1. The molecule has 6 nitrogen and oxygen atoms in total.